The zero-order chi connectivity index (χ0) is 46.0. The predicted octanol–water partition coefficient (Wildman–Crippen LogP) is 9.00. The van der Waals surface area contributed by atoms with E-state index in [0.29, 0.717) is 65.0 Å². The number of carboxylic acid groups (broad SMARTS) is 1. The van der Waals surface area contributed by atoms with Gasteiger partial charge in [0.1, 0.15) is 40.2 Å². The molecule has 0 saturated heterocycles. The van der Waals surface area contributed by atoms with E-state index in [-0.39, 0.29) is 68.3 Å². The number of aromatic hydroxyl groups is 2. The number of aliphatic hydroxyl groups excluding tert-OH is 2. The van der Waals surface area contributed by atoms with Crippen molar-refractivity contribution in [2.75, 3.05) is 6.54 Å². The molecule has 0 aliphatic carbocycles. The van der Waals surface area contributed by atoms with Gasteiger partial charge < -0.3 is 44.8 Å². The summed E-state index contributed by atoms with van der Waals surface area (Å²) in [5, 5.41) is 55.0. The van der Waals surface area contributed by atoms with Crippen molar-refractivity contribution < 1.29 is 49.4 Å². The van der Waals surface area contributed by atoms with Crippen LogP contribution in [-0.4, -0.2) is 89.1 Å². The molecule has 0 radical (unpaired) electrons. The predicted molar refractivity (Wildman–Crippen MR) is 242 cm³/mol. The molecule has 12 heteroatoms. The van der Waals surface area contributed by atoms with Crippen LogP contribution in [0, 0.1) is 0 Å². The molecule has 0 bridgehead atoms. The van der Waals surface area contributed by atoms with E-state index < -0.39 is 41.3 Å². The molecule has 2 aromatic carbocycles. The van der Waals surface area contributed by atoms with Crippen LogP contribution in [0.5, 0.6) is 23.0 Å². The minimum atomic E-state index is -1.23. The summed E-state index contributed by atoms with van der Waals surface area (Å²) in [7, 11) is 0. The van der Waals surface area contributed by atoms with Crippen molar-refractivity contribution in [3.8, 4) is 23.0 Å². The highest BCUT2D eigenvalue weighted by molar-refractivity contribution is 6.02. The molecule has 4 heterocycles. The minimum Gasteiger partial charge on any atom is -0.508 e. The normalized spacial score (nSPS) is 23.3. The first kappa shape index (κ1) is 47.4. The Morgan fingerprint density at radius 3 is 1.63 bits per heavy atom. The molecule has 2 aromatic rings. The first-order valence-corrected chi connectivity index (χ1v) is 22.6. The van der Waals surface area contributed by atoms with Gasteiger partial charge in [-0.15, -0.1) is 0 Å². The molecule has 0 fully saturated rings. The Hall–Kier alpha value is -5.07. The van der Waals surface area contributed by atoms with Gasteiger partial charge in [-0.3, -0.25) is 9.59 Å². The monoisotopic (exact) mass is 868 g/mol. The van der Waals surface area contributed by atoms with Gasteiger partial charge in [0, 0.05) is 41.6 Å². The highest BCUT2D eigenvalue weighted by atomic mass is 16.5. The molecule has 0 spiro atoms. The van der Waals surface area contributed by atoms with Gasteiger partial charge in [-0.05, 0) is 132 Å². The van der Waals surface area contributed by atoms with Crippen LogP contribution in [0.1, 0.15) is 163 Å². The van der Waals surface area contributed by atoms with Crippen LogP contribution < -0.4 is 9.47 Å². The summed E-state index contributed by atoms with van der Waals surface area (Å²) in [5.41, 5.74) is 5.57. The lowest BCUT2D eigenvalue weighted by Gasteiger charge is -2.41. The topological polar surface area (TPSA) is 177 Å². The van der Waals surface area contributed by atoms with E-state index in [2.05, 4.69) is 65.8 Å². The van der Waals surface area contributed by atoms with Gasteiger partial charge in [0.25, 0.3) is 11.8 Å². The Kier molecular flexibility index (Phi) is 14.6. The number of phenols is 2. The van der Waals surface area contributed by atoms with Gasteiger partial charge in [-0.2, -0.15) is 0 Å². The van der Waals surface area contributed by atoms with Gasteiger partial charge in [0.2, 0.25) is 0 Å². The molecule has 0 unspecified atom stereocenters. The third-order valence-corrected chi connectivity index (χ3v) is 13.5. The maximum absolute atomic E-state index is 13.9. The average molecular weight is 869 g/mol. The Bertz CT molecular complexity index is 2230. The Morgan fingerprint density at radius 1 is 0.714 bits per heavy atom. The number of fused-ring (bicyclic) bond motifs is 6. The van der Waals surface area contributed by atoms with Crippen LogP contribution in [0.4, 0.5) is 0 Å². The number of carbonyl (C=O) groups is 3. The number of aliphatic hydroxyl groups is 2. The van der Waals surface area contributed by atoms with Crippen LogP contribution in [-0.2, 0) is 30.7 Å². The van der Waals surface area contributed by atoms with Gasteiger partial charge in [0.05, 0.1) is 36.4 Å². The van der Waals surface area contributed by atoms with Crippen molar-refractivity contribution in [2.45, 2.75) is 175 Å². The lowest BCUT2D eigenvalue weighted by Crippen LogP contribution is -2.49. The molecule has 342 valence electrons. The number of aliphatic carboxylic acids is 1. The van der Waals surface area contributed by atoms with E-state index >= 15 is 0 Å². The highest BCUT2D eigenvalue weighted by Crippen LogP contribution is 2.48. The molecule has 5 atom stereocenters. The SMILES string of the molecule is CC(C)=CCCC(C)=CCC[C@]1(C)Oc2c(c(O)cc3c2CN(CCC[C@@H](C(=O)O)N2Cc4c(cc(O)c5c4O[C@@](C)(CCC=C(C)CCC=C(C)C)[C@@H](O)C5)C2=O)C3=O)C[C@@H]1O. The summed E-state index contributed by atoms with van der Waals surface area (Å²) in [6.07, 6.45) is 13.8. The van der Waals surface area contributed by atoms with Crippen LogP contribution in [0.15, 0.2) is 58.7 Å². The molecule has 12 nitrogen and oxygen atoms in total. The van der Waals surface area contributed by atoms with Crippen molar-refractivity contribution in [1.82, 2.24) is 9.80 Å². The van der Waals surface area contributed by atoms with E-state index in [9.17, 15) is 39.9 Å². The third kappa shape index (κ3) is 10.3. The smallest absolute Gasteiger partial charge is 0.326 e. The molecule has 5 N–H and O–H groups in total. The fourth-order valence-corrected chi connectivity index (χ4v) is 9.40. The maximum atomic E-state index is 13.9. The van der Waals surface area contributed by atoms with E-state index in [1.165, 1.54) is 39.3 Å². The second kappa shape index (κ2) is 19.4. The summed E-state index contributed by atoms with van der Waals surface area (Å²) in [6, 6.07) is 1.55. The molecule has 0 saturated carbocycles. The molecule has 0 aromatic heterocycles. The van der Waals surface area contributed by atoms with E-state index in [1.807, 2.05) is 13.8 Å². The number of amides is 2. The number of allylic oxidation sites excluding steroid dienone is 8. The van der Waals surface area contributed by atoms with Gasteiger partial charge in [-0.1, -0.05) is 46.6 Å². The number of carbonyl (C=O) groups excluding carboxylic acids is 2. The number of rotatable bonds is 18. The van der Waals surface area contributed by atoms with E-state index in [1.54, 1.807) is 4.90 Å². The summed E-state index contributed by atoms with van der Waals surface area (Å²) in [6.45, 7) is 16.5. The second-order valence-electron chi connectivity index (χ2n) is 19.2. The second-order valence-corrected chi connectivity index (χ2v) is 19.2. The van der Waals surface area contributed by atoms with E-state index in [0.717, 1.165) is 25.7 Å². The van der Waals surface area contributed by atoms with Crippen LogP contribution >= 0.6 is 0 Å². The number of phenolic OH excluding ortho intramolecular Hbond substituents is 2. The average Bonchev–Trinajstić information content (AvgIpc) is 3.69. The Labute approximate surface area is 372 Å². The maximum Gasteiger partial charge on any atom is 0.326 e. The summed E-state index contributed by atoms with van der Waals surface area (Å²) in [4.78, 5) is 43.4. The van der Waals surface area contributed by atoms with E-state index in [4.69, 9.17) is 9.47 Å². The summed E-state index contributed by atoms with van der Waals surface area (Å²) < 4.78 is 13.1. The van der Waals surface area contributed by atoms with Gasteiger partial charge >= 0.3 is 5.97 Å². The minimum absolute atomic E-state index is 0.0456. The van der Waals surface area contributed by atoms with Crippen LogP contribution in [0.25, 0.3) is 0 Å². The van der Waals surface area contributed by atoms with Crippen LogP contribution in [0.2, 0.25) is 0 Å². The lowest BCUT2D eigenvalue weighted by molar-refractivity contribution is -0.142. The molecule has 4 aliphatic rings. The molecular weight excluding hydrogens is 801 g/mol. The van der Waals surface area contributed by atoms with Crippen molar-refractivity contribution >= 4 is 17.8 Å². The molecule has 63 heavy (non-hydrogen) atoms. The fourth-order valence-electron chi connectivity index (χ4n) is 9.40. The summed E-state index contributed by atoms with van der Waals surface area (Å²) >= 11 is 0. The molecule has 6 rings (SSSR count). The van der Waals surface area contributed by atoms with Gasteiger partial charge in [-0.25, -0.2) is 4.79 Å². The summed E-state index contributed by atoms with van der Waals surface area (Å²) in [5.74, 6) is -1.60. The number of benzene rings is 2. The standard InChI is InChI=1S/C51H68N2O10/c1-30(2)14-9-16-32(5)18-11-21-50(7)43(56)26-36-41(54)24-34-38(45(36)62-50)28-52(47(34)58)23-13-20-40(49(60)61)53-29-39-35(48(53)59)25-42(55)37-27-44(57)51(8,63-46(37)39)22-12-19-33(6)17-10-15-31(3)4/h14-15,18-19,24-25,40,43-44,54-57H,9-13,16-17,20-23,26-29H2,1-8H3,(H,60,61)/t40-,43-,44-,50-,51-/m0/s1. The quantitative estimate of drug-likeness (QED) is 0.0909. The van der Waals surface area contributed by atoms with Crippen molar-refractivity contribution in [3.05, 3.63) is 92.1 Å². The van der Waals surface area contributed by atoms with Crippen molar-refractivity contribution in [2.24, 2.45) is 0 Å². The first-order valence-electron chi connectivity index (χ1n) is 22.6. The number of nitrogens with zero attached hydrogens (tertiary/aromatic N) is 2. The fraction of sp³-hybridized carbons (Fsp3) is 0.549. The number of hydrogen-bond acceptors (Lipinski definition) is 9. The highest BCUT2D eigenvalue weighted by Gasteiger charge is 2.47. The molecule has 4 aliphatic heterocycles. The Morgan fingerprint density at radius 2 is 1.17 bits per heavy atom. The lowest BCUT2D eigenvalue weighted by atomic mass is 9.84. The zero-order valence-electron chi connectivity index (χ0n) is 38.5. The van der Waals surface area contributed by atoms with Crippen molar-refractivity contribution in [3.63, 3.8) is 0 Å². The molecular formula is C51H68N2O10. The van der Waals surface area contributed by atoms with Crippen molar-refractivity contribution in [1.29, 1.82) is 0 Å². The first-order chi connectivity index (χ1) is 29.7. The number of hydrogen-bond donors (Lipinski definition) is 5. The number of ether oxygens (including phenoxy) is 2. The van der Waals surface area contributed by atoms with Crippen LogP contribution in [0.3, 0.4) is 0 Å². The zero-order valence-corrected chi connectivity index (χ0v) is 38.5. The number of carboxylic acids is 1. The molecule has 2 amide bonds. The largest absolute Gasteiger partial charge is 0.508 e. The third-order valence-electron chi connectivity index (χ3n) is 13.5. The Balaban J connectivity index is 1.11. The van der Waals surface area contributed by atoms with Gasteiger partial charge in [0.15, 0.2) is 0 Å².